The normalized spacial score (nSPS) is 27.9. The second-order valence-electron chi connectivity index (χ2n) is 6.72. The Morgan fingerprint density at radius 1 is 1.05 bits per heavy atom. The average Bonchev–Trinajstić information content (AvgIpc) is 2.53. The number of benzene rings is 1. The Bertz CT molecular complexity index is 484. The Labute approximate surface area is 121 Å². The van der Waals surface area contributed by atoms with Gasteiger partial charge in [-0.1, -0.05) is 19.8 Å². The molecule has 1 N–H and O–H groups in total. The second-order valence-corrected chi connectivity index (χ2v) is 6.72. The molecule has 1 saturated carbocycles. The molecule has 1 aliphatic heterocycles. The van der Waals surface area contributed by atoms with Crippen LogP contribution in [0.3, 0.4) is 0 Å². The Balaban J connectivity index is 1.67. The minimum atomic E-state index is -0.543. The smallest absolute Gasteiger partial charge is 0.246 e. The van der Waals surface area contributed by atoms with Crippen molar-refractivity contribution in [2.75, 3.05) is 5.32 Å². The zero-order valence-electron chi connectivity index (χ0n) is 12.7. The molecule has 1 aromatic rings. The third-order valence-electron chi connectivity index (χ3n) is 4.28. The van der Waals surface area contributed by atoms with Gasteiger partial charge in [-0.3, -0.25) is 0 Å². The van der Waals surface area contributed by atoms with Gasteiger partial charge in [0.2, 0.25) is 5.79 Å². The molecule has 1 aliphatic carbocycles. The van der Waals surface area contributed by atoms with Crippen LogP contribution >= 0.6 is 0 Å². The molecule has 3 nitrogen and oxygen atoms in total. The van der Waals surface area contributed by atoms with Crippen molar-refractivity contribution in [3.05, 3.63) is 18.2 Å². The summed E-state index contributed by atoms with van der Waals surface area (Å²) in [5.74, 6) is 2.02. The minimum Gasteiger partial charge on any atom is -0.449 e. The van der Waals surface area contributed by atoms with Gasteiger partial charge >= 0.3 is 0 Å². The van der Waals surface area contributed by atoms with Crippen molar-refractivity contribution in [2.45, 2.75) is 64.7 Å². The summed E-state index contributed by atoms with van der Waals surface area (Å²) in [7, 11) is 0. The summed E-state index contributed by atoms with van der Waals surface area (Å²) in [6.07, 6.45) is 6.56. The Morgan fingerprint density at radius 3 is 2.70 bits per heavy atom. The van der Waals surface area contributed by atoms with Crippen molar-refractivity contribution in [3.63, 3.8) is 0 Å². The summed E-state index contributed by atoms with van der Waals surface area (Å²) in [5, 5.41) is 3.66. The molecule has 3 heteroatoms. The predicted octanol–water partition coefficient (Wildman–Crippen LogP) is 4.57. The fourth-order valence-electron chi connectivity index (χ4n) is 3.18. The molecule has 1 aromatic carbocycles. The quantitative estimate of drug-likeness (QED) is 0.802. The largest absolute Gasteiger partial charge is 0.449 e. The molecule has 3 rings (SSSR count). The van der Waals surface area contributed by atoms with Crippen LogP contribution in [0.5, 0.6) is 11.5 Å². The molecular weight excluding hydrogens is 250 g/mol. The van der Waals surface area contributed by atoms with E-state index in [1.807, 2.05) is 19.9 Å². The van der Waals surface area contributed by atoms with Crippen molar-refractivity contribution < 1.29 is 9.47 Å². The number of ether oxygens (including phenoxy) is 2. The van der Waals surface area contributed by atoms with Gasteiger partial charge in [0.25, 0.3) is 0 Å². The molecule has 0 radical (unpaired) electrons. The van der Waals surface area contributed by atoms with E-state index < -0.39 is 5.79 Å². The number of hydrogen-bond acceptors (Lipinski definition) is 3. The molecular formula is C17H25NO2. The molecule has 2 unspecified atom stereocenters. The zero-order valence-corrected chi connectivity index (χ0v) is 12.7. The Kier molecular flexibility index (Phi) is 3.53. The second kappa shape index (κ2) is 5.19. The third-order valence-corrected chi connectivity index (χ3v) is 4.28. The van der Waals surface area contributed by atoms with Crippen molar-refractivity contribution in [1.29, 1.82) is 0 Å². The van der Waals surface area contributed by atoms with E-state index in [0.717, 1.165) is 23.1 Å². The minimum absolute atomic E-state index is 0.543. The van der Waals surface area contributed by atoms with E-state index in [4.69, 9.17) is 9.47 Å². The first-order chi connectivity index (χ1) is 9.52. The summed E-state index contributed by atoms with van der Waals surface area (Å²) in [5.41, 5.74) is 1.14. The van der Waals surface area contributed by atoms with Gasteiger partial charge in [0.1, 0.15) is 0 Å². The molecule has 1 fully saturated rings. The lowest BCUT2D eigenvalue weighted by Gasteiger charge is -2.18. The van der Waals surface area contributed by atoms with Crippen LogP contribution in [-0.4, -0.2) is 11.8 Å². The highest BCUT2D eigenvalue weighted by Crippen LogP contribution is 2.41. The van der Waals surface area contributed by atoms with Crippen LogP contribution in [0.1, 0.15) is 52.9 Å². The topological polar surface area (TPSA) is 30.5 Å². The monoisotopic (exact) mass is 275 g/mol. The number of nitrogens with one attached hydrogen (secondary N) is 1. The molecule has 2 atom stereocenters. The van der Waals surface area contributed by atoms with Crippen LogP contribution in [0.15, 0.2) is 18.2 Å². The summed E-state index contributed by atoms with van der Waals surface area (Å²) in [6, 6.07) is 6.76. The molecule has 2 aliphatic rings. The molecule has 20 heavy (non-hydrogen) atoms. The van der Waals surface area contributed by atoms with Crippen LogP contribution in [0.2, 0.25) is 0 Å². The maximum absolute atomic E-state index is 5.80. The van der Waals surface area contributed by atoms with Gasteiger partial charge in [0.15, 0.2) is 11.5 Å². The highest BCUT2D eigenvalue weighted by atomic mass is 16.7. The summed E-state index contributed by atoms with van der Waals surface area (Å²) < 4.78 is 11.5. The molecule has 0 aromatic heterocycles. The summed E-state index contributed by atoms with van der Waals surface area (Å²) in [6.45, 7) is 6.24. The lowest BCUT2D eigenvalue weighted by molar-refractivity contribution is -0.0431. The molecule has 110 valence electrons. The van der Waals surface area contributed by atoms with Crippen molar-refractivity contribution >= 4 is 5.69 Å². The van der Waals surface area contributed by atoms with Gasteiger partial charge in [0, 0.05) is 31.6 Å². The molecule has 0 amide bonds. The van der Waals surface area contributed by atoms with Crippen molar-refractivity contribution in [3.8, 4) is 11.5 Å². The zero-order chi connectivity index (χ0) is 14.2. The van der Waals surface area contributed by atoms with Gasteiger partial charge in [-0.05, 0) is 37.3 Å². The molecule has 1 heterocycles. The van der Waals surface area contributed by atoms with Crippen molar-refractivity contribution in [1.82, 2.24) is 0 Å². The van der Waals surface area contributed by atoms with Gasteiger partial charge in [-0.25, -0.2) is 0 Å². The first-order valence-electron chi connectivity index (χ1n) is 7.80. The van der Waals surface area contributed by atoms with E-state index in [-0.39, 0.29) is 0 Å². The fraction of sp³-hybridized carbons (Fsp3) is 0.647. The summed E-state index contributed by atoms with van der Waals surface area (Å²) >= 11 is 0. The summed E-state index contributed by atoms with van der Waals surface area (Å²) in [4.78, 5) is 0. The SMILES string of the molecule is CC1CCCC(Nc2ccc3c(c2)OC(C)(C)O3)CC1. The number of fused-ring (bicyclic) bond motifs is 1. The molecule has 0 bridgehead atoms. The molecule has 0 saturated heterocycles. The van der Waals surface area contributed by atoms with Crippen LogP contribution in [0, 0.1) is 5.92 Å². The third kappa shape index (κ3) is 3.02. The maximum Gasteiger partial charge on any atom is 0.246 e. The van der Waals surface area contributed by atoms with Gasteiger partial charge in [-0.2, -0.15) is 0 Å². The highest BCUT2D eigenvalue weighted by Gasteiger charge is 2.31. The highest BCUT2D eigenvalue weighted by molar-refractivity contribution is 5.56. The number of anilines is 1. The predicted molar refractivity (Wildman–Crippen MR) is 81.4 cm³/mol. The lowest BCUT2D eigenvalue weighted by atomic mass is 10.0. The van der Waals surface area contributed by atoms with Crippen LogP contribution < -0.4 is 14.8 Å². The van der Waals surface area contributed by atoms with Crippen LogP contribution in [-0.2, 0) is 0 Å². The molecule has 0 spiro atoms. The van der Waals surface area contributed by atoms with Crippen LogP contribution in [0.4, 0.5) is 5.69 Å². The fourth-order valence-corrected chi connectivity index (χ4v) is 3.18. The van der Waals surface area contributed by atoms with Gasteiger partial charge < -0.3 is 14.8 Å². The Morgan fingerprint density at radius 2 is 1.85 bits per heavy atom. The standard InChI is InChI=1S/C17H25NO2/c1-12-5-4-6-13(8-7-12)18-14-9-10-15-16(11-14)20-17(2,3)19-15/h9-13,18H,4-8H2,1-3H3. The van der Waals surface area contributed by atoms with E-state index in [0.29, 0.717) is 6.04 Å². The number of rotatable bonds is 2. The van der Waals surface area contributed by atoms with E-state index in [1.165, 1.54) is 32.1 Å². The van der Waals surface area contributed by atoms with E-state index in [2.05, 4.69) is 24.4 Å². The van der Waals surface area contributed by atoms with Gasteiger partial charge in [0.05, 0.1) is 0 Å². The maximum atomic E-state index is 5.80. The van der Waals surface area contributed by atoms with E-state index in [1.54, 1.807) is 0 Å². The number of hydrogen-bond donors (Lipinski definition) is 1. The van der Waals surface area contributed by atoms with E-state index in [9.17, 15) is 0 Å². The van der Waals surface area contributed by atoms with E-state index >= 15 is 0 Å². The lowest BCUT2D eigenvalue weighted by Crippen LogP contribution is -2.29. The Hall–Kier alpha value is -1.38. The first-order valence-corrected chi connectivity index (χ1v) is 7.80. The first kappa shape index (κ1) is 13.6. The average molecular weight is 275 g/mol. The van der Waals surface area contributed by atoms with Gasteiger partial charge in [-0.15, -0.1) is 0 Å². The van der Waals surface area contributed by atoms with Crippen LogP contribution in [0.25, 0.3) is 0 Å². The van der Waals surface area contributed by atoms with Crippen molar-refractivity contribution in [2.24, 2.45) is 5.92 Å².